The third-order valence-corrected chi connectivity index (χ3v) is 5.77. The van der Waals surface area contributed by atoms with Crippen molar-refractivity contribution in [1.82, 2.24) is 14.7 Å². The first kappa shape index (κ1) is 19.8. The smallest absolute Gasteiger partial charge is 0.240 e. The van der Waals surface area contributed by atoms with Gasteiger partial charge in [-0.15, -0.1) is 0 Å². The number of benzene rings is 2. The summed E-state index contributed by atoms with van der Waals surface area (Å²) in [5.41, 5.74) is 2.56. The van der Waals surface area contributed by atoms with Crippen LogP contribution in [0.4, 0.5) is 5.82 Å². The molecule has 0 fully saturated rings. The van der Waals surface area contributed by atoms with Crippen molar-refractivity contribution in [2.75, 3.05) is 19.5 Å². The van der Waals surface area contributed by atoms with E-state index < -0.39 is 10.0 Å². The summed E-state index contributed by atoms with van der Waals surface area (Å²) < 4.78 is 31.5. The van der Waals surface area contributed by atoms with Crippen LogP contribution in [0.15, 0.2) is 65.8 Å². The fourth-order valence-electron chi connectivity index (χ4n) is 2.73. The van der Waals surface area contributed by atoms with E-state index in [0.29, 0.717) is 5.82 Å². The number of rotatable bonds is 7. The van der Waals surface area contributed by atoms with Gasteiger partial charge in [-0.2, -0.15) is 0 Å². The molecule has 0 saturated carbocycles. The van der Waals surface area contributed by atoms with Gasteiger partial charge >= 0.3 is 0 Å². The van der Waals surface area contributed by atoms with Gasteiger partial charge in [0.05, 0.1) is 17.7 Å². The van der Waals surface area contributed by atoms with E-state index in [-0.39, 0.29) is 10.9 Å². The lowest BCUT2D eigenvalue weighted by molar-refractivity contribution is 0.415. The molecule has 8 heteroatoms. The molecule has 1 aromatic heterocycles. The fourth-order valence-corrected chi connectivity index (χ4v) is 3.51. The zero-order valence-corrected chi connectivity index (χ0v) is 16.7. The number of nitrogens with one attached hydrogen (secondary N) is 2. The number of anilines is 1. The summed E-state index contributed by atoms with van der Waals surface area (Å²) in [6.07, 6.45) is 1.50. The summed E-state index contributed by atoms with van der Waals surface area (Å²) >= 11 is 0. The van der Waals surface area contributed by atoms with E-state index in [9.17, 15) is 8.42 Å². The highest BCUT2D eigenvalue weighted by molar-refractivity contribution is 7.89. The number of hydrogen-bond acceptors (Lipinski definition) is 6. The Labute approximate surface area is 164 Å². The van der Waals surface area contributed by atoms with Crippen LogP contribution in [0.3, 0.4) is 0 Å². The van der Waals surface area contributed by atoms with Gasteiger partial charge in [-0.05, 0) is 55.9 Å². The molecular formula is C20H22N4O3S. The Morgan fingerprint density at radius 3 is 2.46 bits per heavy atom. The molecular weight excluding hydrogens is 376 g/mol. The molecule has 0 bridgehead atoms. The van der Waals surface area contributed by atoms with Crippen LogP contribution in [0.1, 0.15) is 18.5 Å². The molecule has 0 saturated heterocycles. The highest BCUT2D eigenvalue weighted by atomic mass is 32.2. The second kappa shape index (κ2) is 8.37. The summed E-state index contributed by atoms with van der Waals surface area (Å²) in [6, 6.07) is 16.1. The number of aromatic nitrogens is 2. The molecule has 1 heterocycles. The van der Waals surface area contributed by atoms with E-state index in [4.69, 9.17) is 4.74 Å². The second-order valence-electron chi connectivity index (χ2n) is 6.16. The Hall–Kier alpha value is -2.97. The lowest BCUT2D eigenvalue weighted by Crippen LogP contribution is -2.19. The van der Waals surface area contributed by atoms with Gasteiger partial charge in [0.15, 0.2) is 0 Å². The molecule has 7 nitrogen and oxygen atoms in total. The molecule has 0 radical (unpaired) electrons. The first-order valence-corrected chi connectivity index (χ1v) is 10.2. The van der Waals surface area contributed by atoms with Crippen LogP contribution < -0.4 is 14.8 Å². The largest absolute Gasteiger partial charge is 0.497 e. The molecule has 3 rings (SSSR count). The van der Waals surface area contributed by atoms with E-state index in [1.807, 2.05) is 43.3 Å². The van der Waals surface area contributed by atoms with Crippen molar-refractivity contribution in [2.45, 2.75) is 17.9 Å². The second-order valence-corrected chi connectivity index (χ2v) is 8.05. The molecule has 2 aromatic carbocycles. The molecule has 3 aromatic rings. The number of sulfonamides is 1. The Kier molecular flexibility index (Phi) is 5.91. The van der Waals surface area contributed by atoms with Gasteiger partial charge in [-0.3, -0.25) is 0 Å². The molecule has 0 aliphatic heterocycles. The maximum Gasteiger partial charge on any atom is 0.240 e. The van der Waals surface area contributed by atoms with Gasteiger partial charge in [-0.1, -0.05) is 12.1 Å². The zero-order chi connectivity index (χ0) is 20.1. The van der Waals surface area contributed by atoms with Crippen LogP contribution in [0.2, 0.25) is 0 Å². The van der Waals surface area contributed by atoms with Crippen LogP contribution in [-0.4, -0.2) is 32.5 Å². The Morgan fingerprint density at radius 1 is 1.04 bits per heavy atom. The minimum Gasteiger partial charge on any atom is -0.497 e. The number of methoxy groups -OCH3 is 1. The minimum absolute atomic E-state index is 0.148. The van der Waals surface area contributed by atoms with E-state index in [1.165, 1.54) is 13.4 Å². The first-order valence-electron chi connectivity index (χ1n) is 8.69. The molecule has 0 amide bonds. The van der Waals surface area contributed by atoms with E-state index in [0.717, 1.165) is 22.6 Å². The molecule has 28 heavy (non-hydrogen) atoms. The zero-order valence-electron chi connectivity index (χ0n) is 15.9. The van der Waals surface area contributed by atoms with E-state index in [1.54, 1.807) is 25.3 Å². The molecule has 0 aliphatic carbocycles. The van der Waals surface area contributed by atoms with Gasteiger partial charge < -0.3 is 10.1 Å². The third kappa shape index (κ3) is 4.47. The van der Waals surface area contributed by atoms with Crippen LogP contribution in [-0.2, 0) is 10.0 Å². The maximum absolute atomic E-state index is 12.0. The maximum atomic E-state index is 12.0. The van der Waals surface area contributed by atoms with Crippen molar-refractivity contribution in [3.8, 4) is 17.0 Å². The summed E-state index contributed by atoms with van der Waals surface area (Å²) in [5, 5.41) is 3.30. The quantitative estimate of drug-likeness (QED) is 0.635. The van der Waals surface area contributed by atoms with Gasteiger partial charge in [0.25, 0.3) is 0 Å². The normalized spacial score (nSPS) is 12.4. The standard InChI is InChI=1S/C20H22N4O3S/c1-14(16-5-4-6-18(11-16)28(25,26)21-2)24-20-12-19(22-13-23-20)15-7-9-17(27-3)10-8-15/h4-14,21H,1-3H3,(H,22,23,24). The fraction of sp³-hybridized carbons (Fsp3) is 0.200. The molecule has 0 spiro atoms. The monoisotopic (exact) mass is 398 g/mol. The summed E-state index contributed by atoms with van der Waals surface area (Å²) in [7, 11) is -0.470. The third-order valence-electron chi connectivity index (χ3n) is 4.35. The molecule has 146 valence electrons. The number of nitrogens with zero attached hydrogens (tertiary/aromatic N) is 2. The lowest BCUT2D eigenvalue weighted by atomic mass is 10.1. The van der Waals surface area contributed by atoms with Crippen LogP contribution in [0.5, 0.6) is 5.75 Å². The Bertz CT molecular complexity index is 1050. The van der Waals surface area contributed by atoms with Crippen LogP contribution in [0.25, 0.3) is 11.3 Å². The predicted molar refractivity (Wildman–Crippen MR) is 109 cm³/mol. The van der Waals surface area contributed by atoms with Crippen molar-refractivity contribution in [1.29, 1.82) is 0 Å². The van der Waals surface area contributed by atoms with E-state index in [2.05, 4.69) is 20.0 Å². The average Bonchev–Trinajstić information content (AvgIpc) is 2.74. The first-order chi connectivity index (χ1) is 13.4. The van der Waals surface area contributed by atoms with E-state index >= 15 is 0 Å². The van der Waals surface area contributed by atoms with Crippen LogP contribution in [0, 0.1) is 0 Å². The highest BCUT2D eigenvalue weighted by Crippen LogP contribution is 2.24. The molecule has 0 aliphatic rings. The lowest BCUT2D eigenvalue weighted by Gasteiger charge is -2.16. The molecule has 1 atom stereocenters. The van der Waals surface area contributed by atoms with Crippen molar-refractivity contribution in [2.24, 2.45) is 0 Å². The Morgan fingerprint density at radius 2 is 1.79 bits per heavy atom. The molecule has 2 N–H and O–H groups in total. The summed E-state index contributed by atoms with van der Waals surface area (Å²) in [6.45, 7) is 1.94. The number of hydrogen-bond donors (Lipinski definition) is 2. The predicted octanol–water partition coefficient (Wildman–Crippen LogP) is 3.23. The highest BCUT2D eigenvalue weighted by Gasteiger charge is 2.14. The van der Waals surface area contributed by atoms with Gasteiger partial charge in [-0.25, -0.2) is 23.1 Å². The molecule has 1 unspecified atom stereocenters. The van der Waals surface area contributed by atoms with Crippen molar-refractivity contribution >= 4 is 15.8 Å². The van der Waals surface area contributed by atoms with Crippen molar-refractivity contribution in [3.05, 3.63) is 66.5 Å². The Balaban J connectivity index is 1.81. The van der Waals surface area contributed by atoms with Gasteiger partial charge in [0.2, 0.25) is 10.0 Å². The minimum atomic E-state index is -3.49. The topological polar surface area (TPSA) is 93.2 Å². The number of ether oxygens (including phenoxy) is 1. The van der Waals surface area contributed by atoms with Crippen molar-refractivity contribution < 1.29 is 13.2 Å². The van der Waals surface area contributed by atoms with Crippen molar-refractivity contribution in [3.63, 3.8) is 0 Å². The average molecular weight is 398 g/mol. The van der Waals surface area contributed by atoms with Gasteiger partial charge in [0.1, 0.15) is 17.9 Å². The SMILES string of the molecule is CNS(=O)(=O)c1cccc(C(C)Nc2cc(-c3ccc(OC)cc3)ncn2)c1. The van der Waals surface area contributed by atoms with Gasteiger partial charge in [0, 0.05) is 17.7 Å². The van der Waals surface area contributed by atoms with Crippen LogP contribution >= 0.6 is 0 Å². The summed E-state index contributed by atoms with van der Waals surface area (Å²) in [5.74, 6) is 1.43. The summed E-state index contributed by atoms with van der Waals surface area (Å²) in [4.78, 5) is 8.82.